The maximum Gasteiger partial charge on any atom is 0.256 e. The third-order valence-electron chi connectivity index (χ3n) is 19.3. The van der Waals surface area contributed by atoms with E-state index in [1.54, 1.807) is 0 Å². The lowest BCUT2D eigenvalue weighted by atomic mass is 9.31. The van der Waals surface area contributed by atoms with E-state index in [9.17, 15) is 0 Å². The minimum Gasteiger partial charge on any atom is -0.457 e. The molecule has 6 heterocycles. The van der Waals surface area contributed by atoms with Crippen LogP contribution in [0.2, 0.25) is 0 Å². The third kappa shape index (κ3) is 8.25. The summed E-state index contributed by atoms with van der Waals surface area (Å²) in [5.74, 6) is 4.82. The van der Waals surface area contributed by atoms with Crippen molar-refractivity contribution in [2.75, 3.05) is 9.80 Å². The number of para-hydroxylation sites is 6. The van der Waals surface area contributed by atoms with Crippen molar-refractivity contribution in [3.63, 3.8) is 0 Å². The van der Waals surface area contributed by atoms with Crippen LogP contribution >= 0.6 is 0 Å². The Hall–Kier alpha value is -11.1. The number of fused-ring (bicyclic) bond motifs is 8. The first kappa shape index (κ1) is 53.9. The highest BCUT2D eigenvalue weighted by molar-refractivity contribution is 7.02. The molecule has 12 aromatic carbocycles. The van der Waals surface area contributed by atoms with Gasteiger partial charge in [-0.1, -0.05) is 224 Å². The molecule has 18 rings (SSSR count). The van der Waals surface area contributed by atoms with Crippen LogP contribution < -0.4 is 52.1 Å². The van der Waals surface area contributed by atoms with Gasteiger partial charge in [0.1, 0.15) is 34.6 Å². The predicted molar refractivity (Wildman–Crippen MR) is 381 cm³/mol. The van der Waals surface area contributed by atoms with Crippen LogP contribution in [-0.4, -0.2) is 32.5 Å². The summed E-state index contributed by atoms with van der Waals surface area (Å²) in [6.07, 6.45) is 0. The number of rotatable bonds is 9. The van der Waals surface area contributed by atoms with Gasteiger partial charge in [-0.3, -0.25) is 9.13 Å². The first-order chi connectivity index (χ1) is 44.9. The van der Waals surface area contributed by atoms with Crippen LogP contribution in [0.3, 0.4) is 0 Å². The fraction of sp³-hybridized carbons (Fsp3) is 0.0976. The van der Waals surface area contributed by atoms with Gasteiger partial charge in [-0.2, -0.15) is 0 Å². The van der Waals surface area contributed by atoms with E-state index in [4.69, 9.17) is 19.4 Å². The Labute approximate surface area is 536 Å². The Morgan fingerprint density at radius 2 is 0.696 bits per heavy atom. The Balaban J connectivity index is 0.932. The molecule has 0 radical (unpaired) electrons. The first-order valence-electron chi connectivity index (χ1n) is 31.9. The summed E-state index contributed by atoms with van der Waals surface area (Å²) >= 11 is 0. The van der Waals surface area contributed by atoms with Crippen molar-refractivity contribution >= 4 is 102 Å². The number of anilines is 6. The third-order valence-corrected chi connectivity index (χ3v) is 19.3. The number of nitrogens with zero attached hydrogens (tertiary/aromatic N) is 6. The van der Waals surface area contributed by atoms with Crippen molar-refractivity contribution in [2.45, 2.75) is 52.4 Å². The maximum absolute atomic E-state index is 7.93. The van der Waals surface area contributed by atoms with Crippen LogP contribution in [0.1, 0.15) is 52.7 Å². The molecule has 0 amide bonds. The van der Waals surface area contributed by atoms with Crippen LogP contribution in [0.25, 0.3) is 67.3 Å². The molecule has 4 aliphatic heterocycles. The van der Waals surface area contributed by atoms with Crippen LogP contribution in [0.5, 0.6) is 23.0 Å². The van der Waals surface area contributed by atoms with Crippen molar-refractivity contribution in [3.8, 4) is 68.3 Å². The molecule has 438 valence electrons. The van der Waals surface area contributed by atoms with Crippen molar-refractivity contribution in [3.05, 3.63) is 278 Å². The summed E-state index contributed by atoms with van der Waals surface area (Å²) in [6, 6.07) is 96.5. The molecule has 0 aliphatic carbocycles. The molecule has 0 fully saturated rings. The fourth-order valence-corrected chi connectivity index (χ4v) is 15.0. The summed E-state index contributed by atoms with van der Waals surface area (Å²) in [6.45, 7) is 13.0. The lowest BCUT2D eigenvalue weighted by Gasteiger charge is -2.39. The zero-order valence-electron chi connectivity index (χ0n) is 52.1. The molecule has 8 nitrogen and oxygen atoms in total. The molecule has 92 heavy (non-hydrogen) atoms. The second-order valence-corrected chi connectivity index (χ2v) is 26.9. The van der Waals surface area contributed by atoms with Gasteiger partial charge in [0.05, 0.1) is 39.0 Å². The molecule has 0 saturated heterocycles. The van der Waals surface area contributed by atoms with E-state index in [0.29, 0.717) is 0 Å². The standard InChI is InChI=1S/C82H62B2N6O2/c1-81(2,3)54-42-38-52(39-43-54)79-85-66-36-22-34-62-75(66)89(79)68-46-60(87(56-26-14-8-15-27-56)57-28-16-9-17-29-57)48-70-73(68)83(62)64-50-65-78(72(77(64)91-70)51-24-12-7-13-25-51)92-71-49-61(88(58-30-18-10-19-31-58)59-32-20-11-21-33-59)47-69-74(71)84(65)63-35-23-37-67-76(63)90(69)80(86-67)53-40-44-55(45-41-53)82(4,5)6/h7-50H,1-6H3. The van der Waals surface area contributed by atoms with E-state index in [0.717, 1.165) is 157 Å². The van der Waals surface area contributed by atoms with Crippen LogP contribution in [-0.2, 0) is 10.8 Å². The lowest BCUT2D eigenvalue weighted by Crippen LogP contribution is -2.62. The van der Waals surface area contributed by atoms with Gasteiger partial charge in [0.25, 0.3) is 13.4 Å². The highest BCUT2D eigenvalue weighted by atomic mass is 16.5. The summed E-state index contributed by atoms with van der Waals surface area (Å²) < 4.78 is 20.7. The van der Waals surface area contributed by atoms with Crippen molar-refractivity contribution in [1.29, 1.82) is 0 Å². The molecular formula is C82H62B2N6O2. The Bertz CT molecular complexity index is 4900. The van der Waals surface area contributed by atoms with Gasteiger partial charge in [-0.15, -0.1) is 0 Å². The summed E-state index contributed by atoms with van der Waals surface area (Å²) in [5.41, 5.74) is 25.2. The minimum absolute atomic E-state index is 0.0183. The van der Waals surface area contributed by atoms with E-state index < -0.39 is 0 Å². The van der Waals surface area contributed by atoms with E-state index in [2.05, 4.69) is 327 Å². The molecule has 0 atom stereocenters. The Morgan fingerprint density at radius 3 is 1.05 bits per heavy atom. The number of hydrogen-bond donors (Lipinski definition) is 0. The lowest BCUT2D eigenvalue weighted by molar-refractivity contribution is 0.469. The SMILES string of the molecule is CC(C)(C)c1ccc(-c2nc3cccc4c3n2-c2cc(N(c3ccccc3)c3ccccc3)cc3c2B4c2cc4c(c(-c5ccccc5)c2O3)Oc2cc(N(c3ccccc3)c3ccccc3)cc3c2B4c2cccc4nc(-c5ccc(C(C)(C)C)cc5)n-3c24)cc1. The highest BCUT2D eigenvalue weighted by Gasteiger charge is 2.48. The van der Waals surface area contributed by atoms with Gasteiger partial charge < -0.3 is 19.3 Å². The predicted octanol–water partition coefficient (Wildman–Crippen LogP) is 16.8. The number of benzene rings is 12. The number of ether oxygens (including phenoxy) is 2. The molecule has 0 bridgehead atoms. The zero-order valence-corrected chi connectivity index (χ0v) is 52.1. The van der Waals surface area contributed by atoms with Crippen molar-refractivity contribution in [1.82, 2.24) is 19.1 Å². The maximum atomic E-state index is 7.93. The Morgan fingerprint density at radius 1 is 0.337 bits per heavy atom. The van der Waals surface area contributed by atoms with Gasteiger partial charge in [-0.25, -0.2) is 9.97 Å². The fourth-order valence-electron chi connectivity index (χ4n) is 15.0. The number of aromatic nitrogens is 4. The molecule has 0 spiro atoms. The van der Waals surface area contributed by atoms with Crippen LogP contribution in [0.4, 0.5) is 34.1 Å². The quantitative estimate of drug-likeness (QED) is 0.134. The van der Waals surface area contributed by atoms with E-state index in [-0.39, 0.29) is 24.3 Å². The van der Waals surface area contributed by atoms with Gasteiger partial charge in [-0.05, 0) is 133 Å². The van der Waals surface area contributed by atoms with Gasteiger partial charge >= 0.3 is 0 Å². The molecular weight excluding hydrogens is 1120 g/mol. The van der Waals surface area contributed by atoms with E-state index in [1.807, 2.05) is 0 Å². The average molecular weight is 1190 g/mol. The largest absolute Gasteiger partial charge is 0.457 e. The molecule has 14 aromatic rings. The number of hydrogen-bond acceptors (Lipinski definition) is 6. The average Bonchev–Trinajstić information content (AvgIpc) is 1.18. The topological polar surface area (TPSA) is 60.6 Å². The van der Waals surface area contributed by atoms with Gasteiger partial charge in [0, 0.05) is 57.4 Å². The molecule has 2 aromatic heterocycles. The van der Waals surface area contributed by atoms with Gasteiger partial charge in [0.2, 0.25) is 0 Å². The summed E-state index contributed by atoms with van der Waals surface area (Å²) in [5, 5.41) is 0. The Kier molecular flexibility index (Phi) is 11.8. The molecule has 10 heteroatoms. The molecule has 0 unspecified atom stereocenters. The minimum atomic E-state index is -0.280. The molecule has 0 N–H and O–H groups in total. The van der Waals surface area contributed by atoms with E-state index >= 15 is 0 Å². The van der Waals surface area contributed by atoms with Crippen molar-refractivity contribution in [2.24, 2.45) is 0 Å². The van der Waals surface area contributed by atoms with Gasteiger partial charge in [0.15, 0.2) is 0 Å². The van der Waals surface area contributed by atoms with Crippen LogP contribution in [0.15, 0.2) is 267 Å². The second-order valence-electron chi connectivity index (χ2n) is 26.9. The summed E-state index contributed by atoms with van der Waals surface area (Å²) in [4.78, 5) is 15.9. The zero-order chi connectivity index (χ0) is 61.7. The highest BCUT2D eigenvalue weighted by Crippen LogP contribution is 2.50. The van der Waals surface area contributed by atoms with E-state index in [1.165, 1.54) is 11.1 Å². The smallest absolute Gasteiger partial charge is 0.256 e. The normalized spacial score (nSPS) is 13.0. The summed E-state index contributed by atoms with van der Waals surface area (Å²) in [7, 11) is 0. The molecule has 4 aliphatic rings. The van der Waals surface area contributed by atoms with Crippen LogP contribution in [0, 0.1) is 0 Å². The second kappa shape index (κ2) is 20.2. The molecule has 0 saturated carbocycles. The first-order valence-corrected chi connectivity index (χ1v) is 31.9. The van der Waals surface area contributed by atoms with Crippen molar-refractivity contribution < 1.29 is 9.47 Å². The monoisotopic (exact) mass is 1180 g/mol. The number of imidazole rings is 2.